The first-order valence-corrected chi connectivity index (χ1v) is 12.0. The lowest BCUT2D eigenvalue weighted by Crippen LogP contribution is -2.39. The Bertz CT molecular complexity index is 960. The maximum absolute atomic E-state index is 12.7. The monoisotopic (exact) mass is 450 g/mol. The quantitative estimate of drug-likeness (QED) is 0.631. The fraction of sp³-hybridized carbons (Fsp3) is 0.409. The molecule has 1 amide bonds. The van der Waals surface area contributed by atoms with Crippen LogP contribution in [0.25, 0.3) is 0 Å². The molecule has 1 aliphatic rings. The number of benzene rings is 2. The molecule has 6 nitrogen and oxygen atoms in total. The van der Waals surface area contributed by atoms with Crippen LogP contribution in [0.3, 0.4) is 0 Å². The van der Waals surface area contributed by atoms with E-state index < -0.39 is 16.1 Å². The Kier molecular flexibility index (Phi) is 7.75. The summed E-state index contributed by atoms with van der Waals surface area (Å²) >= 11 is 6.22. The Morgan fingerprint density at radius 2 is 1.83 bits per heavy atom. The number of amides is 1. The Labute approximate surface area is 183 Å². The summed E-state index contributed by atoms with van der Waals surface area (Å²) in [7, 11) is -3.77. The van der Waals surface area contributed by atoms with E-state index in [4.69, 9.17) is 16.3 Å². The van der Waals surface area contributed by atoms with Gasteiger partial charge in [0.15, 0.2) is 6.61 Å². The molecule has 2 aromatic carbocycles. The SMILES string of the molecule is CC(NS(=O)(=O)c1ccc(OCC(=O)NC2CCCCC2)c(Cl)c1)c1ccccc1. The van der Waals surface area contributed by atoms with Gasteiger partial charge in [-0.1, -0.05) is 61.2 Å². The number of hydrogen-bond donors (Lipinski definition) is 2. The maximum Gasteiger partial charge on any atom is 0.258 e. The van der Waals surface area contributed by atoms with Crippen LogP contribution in [0.2, 0.25) is 5.02 Å². The van der Waals surface area contributed by atoms with E-state index in [1.54, 1.807) is 6.92 Å². The van der Waals surface area contributed by atoms with Crippen LogP contribution >= 0.6 is 11.6 Å². The van der Waals surface area contributed by atoms with Gasteiger partial charge in [-0.2, -0.15) is 0 Å². The zero-order valence-corrected chi connectivity index (χ0v) is 18.5. The van der Waals surface area contributed by atoms with Crippen molar-refractivity contribution in [1.29, 1.82) is 0 Å². The fourth-order valence-electron chi connectivity index (χ4n) is 3.54. The van der Waals surface area contributed by atoms with Gasteiger partial charge in [-0.3, -0.25) is 4.79 Å². The average Bonchev–Trinajstić information content (AvgIpc) is 2.74. The summed E-state index contributed by atoms with van der Waals surface area (Å²) in [5, 5.41) is 3.10. The summed E-state index contributed by atoms with van der Waals surface area (Å²) < 4.78 is 33.5. The smallest absolute Gasteiger partial charge is 0.258 e. The number of carbonyl (C=O) groups excluding carboxylic acids is 1. The van der Waals surface area contributed by atoms with Crippen LogP contribution in [0.1, 0.15) is 50.6 Å². The number of nitrogens with one attached hydrogen (secondary N) is 2. The van der Waals surface area contributed by atoms with Gasteiger partial charge in [0.1, 0.15) is 5.75 Å². The largest absolute Gasteiger partial charge is 0.482 e. The topological polar surface area (TPSA) is 84.5 Å². The predicted molar refractivity (Wildman–Crippen MR) is 117 cm³/mol. The van der Waals surface area contributed by atoms with Crippen LogP contribution in [-0.4, -0.2) is 27.0 Å². The number of ether oxygens (including phenoxy) is 1. The summed E-state index contributed by atoms with van der Waals surface area (Å²) in [5.41, 5.74) is 0.858. The fourth-order valence-corrected chi connectivity index (χ4v) is 5.09. The molecule has 0 aromatic heterocycles. The third-order valence-corrected chi connectivity index (χ3v) is 7.01. The molecule has 0 radical (unpaired) electrons. The van der Waals surface area contributed by atoms with Crippen LogP contribution in [-0.2, 0) is 14.8 Å². The van der Waals surface area contributed by atoms with Gasteiger partial charge in [-0.15, -0.1) is 0 Å². The maximum atomic E-state index is 12.7. The molecule has 2 N–H and O–H groups in total. The second-order valence-electron chi connectivity index (χ2n) is 7.54. The molecule has 0 saturated heterocycles. The summed E-state index contributed by atoms with van der Waals surface area (Å²) in [6.07, 6.45) is 5.46. The van der Waals surface area contributed by atoms with Crippen LogP contribution in [0, 0.1) is 0 Å². The van der Waals surface area contributed by atoms with Gasteiger partial charge < -0.3 is 10.1 Å². The van der Waals surface area contributed by atoms with E-state index in [2.05, 4.69) is 10.0 Å². The molecule has 0 aliphatic heterocycles. The lowest BCUT2D eigenvalue weighted by Gasteiger charge is -2.22. The van der Waals surface area contributed by atoms with Crippen molar-refractivity contribution >= 4 is 27.5 Å². The second-order valence-corrected chi connectivity index (χ2v) is 9.66. The van der Waals surface area contributed by atoms with Gasteiger partial charge in [-0.25, -0.2) is 13.1 Å². The van der Waals surface area contributed by atoms with Gasteiger partial charge in [-0.05, 0) is 43.5 Å². The van der Waals surface area contributed by atoms with Crippen LogP contribution in [0.4, 0.5) is 0 Å². The molecule has 1 aliphatic carbocycles. The van der Waals surface area contributed by atoms with Gasteiger partial charge in [0.25, 0.3) is 5.91 Å². The van der Waals surface area contributed by atoms with E-state index in [1.165, 1.54) is 24.6 Å². The van der Waals surface area contributed by atoms with Crippen molar-refractivity contribution in [2.24, 2.45) is 0 Å². The van der Waals surface area contributed by atoms with Gasteiger partial charge in [0.05, 0.1) is 9.92 Å². The molecule has 1 atom stereocenters. The number of hydrogen-bond acceptors (Lipinski definition) is 4. The minimum atomic E-state index is -3.77. The van der Waals surface area contributed by atoms with Crippen molar-refractivity contribution in [3.8, 4) is 5.75 Å². The summed E-state index contributed by atoms with van der Waals surface area (Å²) in [5.74, 6) is 0.0681. The van der Waals surface area contributed by atoms with E-state index >= 15 is 0 Å². The van der Waals surface area contributed by atoms with Crippen molar-refractivity contribution in [1.82, 2.24) is 10.0 Å². The Morgan fingerprint density at radius 1 is 1.13 bits per heavy atom. The highest BCUT2D eigenvalue weighted by Crippen LogP contribution is 2.28. The molecule has 1 saturated carbocycles. The molecule has 1 fully saturated rings. The Morgan fingerprint density at radius 3 is 2.50 bits per heavy atom. The van der Waals surface area contributed by atoms with Crippen molar-refractivity contribution in [2.45, 2.75) is 56.0 Å². The third-order valence-electron chi connectivity index (χ3n) is 5.17. The van der Waals surface area contributed by atoms with Crippen LogP contribution in [0.5, 0.6) is 5.75 Å². The van der Waals surface area contributed by atoms with Gasteiger partial charge in [0, 0.05) is 12.1 Å². The number of carbonyl (C=O) groups is 1. The molecule has 0 heterocycles. The molecule has 30 heavy (non-hydrogen) atoms. The minimum Gasteiger partial charge on any atom is -0.482 e. The highest BCUT2D eigenvalue weighted by Gasteiger charge is 2.20. The molecular weight excluding hydrogens is 424 g/mol. The standard InChI is InChI=1S/C22H27ClN2O4S/c1-16(17-8-4-2-5-9-17)25-30(27,28)19-12-13-21(20(23)14-19)29-15-22(26)24-18-10-6-3-7-11-18/h2,4-5,8-9,12-14,16,18,25H,3,6-7,10-11,15H2,1H3,(H,24,26). The lowest BCUT2D eigenvalue weighted by molar-refractivity contribution is -0.124. The van der Waals surface area contributed by atoms with Gasteiger partial charge >= 0.3 is 0 Å². The highest BCUT2D eigenvalue weighted by molar-refractivity contribution is 7.89. The first-order valence-electron chi connectivity index (χ1n) is 10.1. The van der Waals surface area contributed by atoms with E-state index in [-0.39, 0.29) is 34.2 Å². The lowest BCUT2D eigenvalue weighted by atomic mass is 9.95. The second kappa shape index (κ2) is 10.3. The normalized spacial score (nSPS) is 16.1. The van der Waals surface area contributed by atoms with E-state index in [0.717, 1.165) is 31.2 Å². The minimum absolute atomic E-state index is 0.0364. The summed E-state index contributed by atoms with van der Waals surface area (Å²) in [4.78, 5) is 12.1. The first kappa shape index (κ1) is 22.6. The summed E-state index contributed by atoms with van der Waals surface area (Å²) in [6.45, 7) is 1.61. The number of halogens is 1. The highest BCUT2D eigenvalue weighted by atomic mass is 35.5. The third kappa shape index (κ3) is 6.20. The predicted octanol–water partition coefficient (Wildman–Crippen LogP) is 4.21. The summed E-state index contributed by atoms with van der Waals surface area (Å²) in [6, 6.07) is 13.3. The van der Waals surface area contributed by atoms with E-state index in [0.29, 0.717) is 0 Å². The molecule has 162 valence electrons. The van der Waals surface area contributed by atoms with Crippen molar-refractivity contribution in [3.63, 3.8) is 0 Å². The zero-order valence-electron chi connectivity index (χ0n) is 16.9. The molecule has 3 rings (SSSR count). The molecule has 0 spiro atoms. The Hall–Kier alpha value is -2.09. The van der Waals surface area contributed by atoms with E-state index in [1.807, 2.05) is 30.3 Å². The Balaban J connectivity index is 1.59. The van der Waals surface area contributed by atoms with Crippen molar-refractivity contribution < 1.29 is 17.9 Å². The molecule has 0 bridgehead atoms. The van der Waals surface area contributed by atoms with Gasteiger partial charge in [0.2, 0.25) is 10.0 Å². The van der Waals surface area contributed by atoms with Crippen molar-refractivity contribution in [2.75, 3.05) is 6.61 Å². The van der Waals surface area contributed by atoms with Crippen LogP contribution in [0.15, 0.2) is 53.4 Å². The first-order chi connectivity index (χ1) is 14.3. The van der Waals surface area contributed by atoms with Crippen molar-refractivity contribution in [3.05, 3.63) is 59.1 Å². The molecule has 2 aromatic rings. The molecular formula is C22H27ClN2O4S. The van der Waals surface area contributed by atoms with Crippen LogP contribution < -0.4 is 14.8 Å². The molecule has 1 unspecified atom stereocenters. The number of rotatable bonds is 8. The average molecular weight is 451 g/mol. The molecule has 8 heteroatoms. The van der Waals surface area contributed by atoms with E-state index in [9.17, 15) is 13.2 Å². The zero-order chi connectivity index (χ0) is 21.6. The number of sulfonamides is 1.